The van der Waals surface area contributed by atoms with E-state index in [9.17, 15) is 9.59 Å². The Hall–Kier alpha value is -1.89. The molecule has 1 aromatic heterocycles. The van der Waals surface area contributed by atoms with Gasteiger partial charge in [0, 0.05) is 19.1 Å². The summed E-state index contributed by atoms with van der Waals surface area (Å²) < 4.78 is 0. The Balaban J connectivity index is 1.56. The van der Waals surface area contributed by atoms with Crippen molar-refractivity contribution in [1.82, 2.24) is 10.2 Å². The first-order valence-electron chi connectivity index (χ1n) is 10.2. The summed E-state index contributed by atoms with van der Waals surface area (Å²) in [6.07, 6.45) is 4.41. The van der Waals surface area contributed by atoms with Crippen LogP contribution < -0.4 is 10.6 Å². The quantitative estimate of drug-likeness (QED) is 0.648. The summed E-state index contributed by atoms with van der Waals surface area (Å²) in [5, 5.41) is 7.07. The third kappa shape index (κ3) is 5.81. The Morgan fingerprint density at radius 2 is 1.93 bits per heavy atom. The molecule has 1 aliphatic heterocycles. The second-order valence-electron chi connectivity index (χ2n) is 7.50. The Morgan fingerprint density at radius 1 is 1.21 bits per heavy atom. The van der Waals surface area contributed by atoms with Crippen molar-refractivity contribution in [3.8, 4) is 0 Å². The number of carbonyl (C=O) groups is 2. The second kappa shape index (κ2) is 10.2. The molecule has 0 radical (unpaired) electrons. The van der Waals surface area contributed by atoms with Crippen molar-refractivity contribution in [2.45, 2.75) is 45.6 Å². The topological polar surface area (TPSA) is 61.4 Å². The van der Waals surface area contributed by atoms with Gasteiger partial charge in [-0.2, -0.15) is 0 Å². The maximum absolute atomic E-state index is 12.8. The minimum Gasteiger partial charge on any atom is -0.349 e. The van der Waals surface area contributed by atoms with Crippen LogP contribution in [0.15, 0.2) is 30.3 Å². The molecular weight excluding hydrogens is 406 g/mol. The molecule has 0 spiro atoms. The summed E-state index contributed by atoms with van der Waals surface area (Å²) in [6, 6.07) is 8.96. The summed E-state index contributed by atoms with van der Waals surface area (Å²) in [5.41, 5.74) is 1.28. The summed E-state index contributed by atoms with van der Waals surface area (Å²) in [6.45, 7) is 7.32. The SMILES string of the molecule is CCCCN1CCC(NC(=O)c2sc(NC(=O)c3ccccc3Cl)cc2C)CC1. The summed E-state index contributed by atoms with van der Waals surface area (Å²) in [7, 11) is 0. The predicted octanol–water partition coefficient (Wildman–Crippen LogP) is 4.96. The van der Waals surface area contributed by atoms with Gasteiger partial charge in [-0.1, -0.05) is 37.1 Å². The van der Waals surface area contributed by atoms with Crippen LogP contribution in [0.4, 0.5) is 5.00 Å². The zero-order valence-electron chi connectivity index (χ0n) is 17.0. The van der Waals surface area contributed by atoms with Crippen LogP contribution >= 0.6 is 22.9 Å². The second-order valence-corrected chi connectivity index (χ2v) is 8.96. The van der Waals surface area contributed by atoms with Crippen LogP contribution in [-0.2, 0) is 0 Å². The average Bonchev–Trinajstić information content (AvgIpc) is 3.07. The number of benzene rings is 1. The number of aryl methyl sites for hydroxylation is 1. The number of nitrogens with one attached hydrogen (secondary N) is 2. The molecule has 1 aromatic carbocycles. The van der Waals surface area contributed by atoms with E-state index in [0.717, 1.165) is 38.0 Å². The van der Waals surface area contributed by atoms with E-state index in [-0.39, 0.29) is 17.9 Å². The molecule has 156 valence electrons. The van der Waals surface area contributed by atoms with Gasteiger partial charge in [0.25, 0.3) is 11.8 Å². The molecule has 2 N–H and O–H groups in total. The fourth-order valence-electron chi connectivity index (χ4n) is 3.53. The molecule has 0 unspecified atom stereocenters. The molecule has 7 heteroatoms. The Bertz CT molecular complexity index is 859. The number of likely N-dealkylation sites (tertiary alicyclic amines) is 1. The molecule has 2 amide bonds. The molecule has 5 nitrogen and oxygen atoms in total. The van der Waals surface area contributed by atoms with E-state index < -0.39 is 0 Å². The molecule has 1 saturated heterocycles. The largest absolute Gasteiger partial charge is 0.349 e. The first-order chi connectivity index (χ1) is 14.0. The van der Waals surface area contributed by atoms with Crippen LogP contribution in [0.5, 0.6) is 0 Å². The van der Waals surface area contributed by atoms with E-state index in [4.69, 9.17) is 11.6 Å². The van der Waals surface area contributed by atoms with Crippen LogP contribution in [0.3, 0.4) is 0 Å². The first-order valence-corrected chi connectivity index (χ1v) is 11.4. The van der Waals surface area contributed by atoms with Gasteiger partial charge in [-0.15, -0.1) is 11.3 Å². The number of hydrogen-bond acceptors (Lipinski definition) is 4. The van der Waals surface area contributed by atoms with E-state index in [1.165, 1.54) is 24.2 Å². The van der Waals surface area contributed by atoms with E-state index >= 15 is 0 Å². The number of thiophene rings is 1. The summed E-state index contributed by atoms with van der Waals surface area (Å²) >= 11 is 7.39. The highest BCUT2D eigenvalue weighted by atomic mass is 35.5. The van der Waals surface area contributed by atoms with Gasteiger partial charge in [0.05, 0.1) is 20.5 Å². The van der Waals surface area contributed by atoms with Crippen LogP contribution in [0.2, 0.25) is 5.02 Å². The van der Waals surface area contributed by atoms with Crippen molar-refractivity contribution in [2.75, 3.05) is 25.0 Å². The average molecular weight is 434 g/mol. The number of anilines is 1. The molecule has 1 fully saturated rings. The van der Waals surface area contributed by atoms with Gasteiger partial charge < -0.3 is 15.5 Å². The van der Waals surface area contributed by atoms with Crippen molar-refractivity contribution in [3.05, 3.63) is 51.4 Å². The molecule has 0 atom stereocenters. The molecule has 1 aliphatic rings. The van der Waals surface area contributed by atoms with Gasteiger partial charge >= 0.3 is 0 Å². The lowest BCUT2D eigenvalue weighted by Gasteiger charge is -2.32. The predicted molar refractivity (Wildman–Crippen MR) is 120 cm³/mol. The van der Waals surface area contributed by atoms with E-state index in [0.29, 0.717) is 20.5 Å². The minimum absolute atomic E-state index is 0.0576. The molecular formula is C22H28ClN3O2S. The van der Waals surface area contributed by atoms with Crippen molar-refractivity contribution < 1.29 is 9.59 Å². The normalized spacial score (nSPS) is 15.3. The molecule has 0 saturated carbocycles. The van der Waals surface area contributed by atoms with Gasteiger partial charge in [0.2, 0.25) is 0 Å². The van der Waals surface area contributed by atoms with Gasteiger partial charge in [-0.3, -0.25) is 9.59 Å². The highest BCUT2D eigenvalue weighted by Gasteiger charge is 2.23. The van der Waals surface area contributed by atoms with Crippen molar-refractivity contribution in [3.63, 3.8) is 0 Å². The monoisotopic (exact) mass is 433 g/mol. The van der Waals surface area contributed by atoms with Crippen molar-refractivity contribution in [1.29, 1.82) is 0 Å². The lowest BCUT2D eigenvalue weighted by atomic mass is 10.0. The summed E-state index contributed by atoms with van der Waals surface area (Å²) in [5.74, 6) is -0.332. The number of nitrogens with zero attached hydrogens (tertiary/aromatic N) is 1. The number of amides is 2. The fraction of sp³-hybridized carbons (Fsp3) is 0.455. The van der Waals surface area contributed by atoms with Gasteiger partial charge in [0.1, 0.15) is 0 Å². The lowest BCUT2D eigenvalue weighted by molar-refractivity contribution is 0.0913. The number of piperidine rings is 1. The van der Waals surface area contributed by atoms with E-state index in [1.807, 2.05) is 13.0 Å². The third-order valence-electron chi connectivity index (χ3n) is 5.23. The molecule has 2 aromatic rings. The smallest absolute Gasteiger partial charge is 0.261 e. The number of unbranched alkanes of at least 4 members (excludes halogenated alkanes) is 1. The minimum atomic E-state index is -0.275. The molecule has 3 rings (SSSR count). The first kappa shape index (κ1) is 21.8. The van der Waals surface area contributed by atoms with Crippen molar-refractivity contribution >= 4 is 39.8 Å². The zero-order chi connectivity index (χ0) is 20.8. The number of hydrogen-bond donors (Lipinski definition) is 2. The molecule has 0 bridgehead atoms. The maximum Gasteiger partial charge on any atom is 0.261 e. The van der Waals surface area contributed by atoms with Gasteiger partial charge in [0.15, 0.2) is 0 Å². The Kier molecular flexibility index (Phi) is 7.70. The third-order valence-corrected chi connectivity index (χ3v) is 6.71. The summed E-state index contributed by atoms with van der Waals surface area (Å²) in [4.78, 5) is 28.3. The maximum atomic E-state index is 12.8. The van der Waals surface area contributed by atoms with Crippen LogP contribution in [-0.4, -0.2) is 42.4 Å². The highest BCUT2D eigenvalue weighted by Crippen LogP contribution is 2.28. The molecule has 29 heavy (non-hydrogen) atoms. The van der Waals surface area contributed by atoms with Gasteiger partial charge in [-0.05, 0) is 56.5 Å². The van der Waals surface area contributed by atoms with E-state index in [2.05, 4.69) is 22.5 Å². The number of rotatable bonds is 7. The number of carbonyl (C=O) groups excluding carboxylic acids is 2. The van der Waals surface area contributed by atoms with E-state index in [1.54, 1.807) is 24.3 Å². The number of halogens is 1. The van der Waals surface area contributed by atoms with Crippen LogP contribution in [0.1, 0.15) is 58.2 Å². The Labute approximate surface area is 181 Å². The fourth-order valence-corrected chi connectivity index (χ4v) is 4.72. The lowest BCUT2D eigenvalue weighted by Crippen LogP contribution is -2.44. The van der Waals surface area contributed by atoms with Gasteiger partial charge in [-0.25, -0.2) is 0 Å². The highest BCUT2D eigenvalue weighted by molar-refractivity contribution is 7.18. The van der Waals surface area contributed by atoms with Crippen LogP contribution in [0, 0.1) is 6.92 Å². The van der Waals surface area contributed by atoms with Crippen LogP contribution in [0.25, 0.3) is 0 Å². The standard InChI is InChI=1S/C22H28ClN3O2S/c1-3-4-11-26-12-9-16(10-13-26)24-22(28)20-15(2)14-19(29-20)25-21(27)17-7-5-6-8-18(17)23/h5-8,14,16H,3-4,9-13H2,1-2H3,(H,24,28)(H,25,27). The zero-order valence-corrected chi connectivity index (χ0v) is 18.5. The molecule has 0 aliphatic carbocycles. The molecule has 2 heterocycles. The van der Waals surface area contributed by atoms with Crippen molar-refractivity contribution in [2.24, 2.45) is 0 Å². The Morgan fingerprint density at radius 3 is 2.62 bits per heavy atom.